The Morgan fingerprint density at radius 1 is 1.56 bits per heavy atom. The van der Waals surface area contributed by atoms with Gasteiger partial charge in [-0.2, -0.15) is 0 Å². The van der Waals surface area contributed by atoms with Crippen molar-refractivity contribution in [1.29, 1.82) is 0 Å². The second-order valence-electron chi connectivity index (χ2n) is 3.81. The van der Waals surface area contributed by atoms with Crippen LogP contribution < -0.4 is 4.90 Å². The third-order valence-corrected chi connectivity index (χ3v) is 2.38. The minimum absolute atomic E-state index is 0.281. The molecule has 4 heteroatoms. The van der Waals surface area contributed by atoms with E-state index in [0.717, 1.165) is 18.6 Å². The number of ether oxygens (including phenoxy) is 1. The summed E-state index contributed by atoms with van der Waals surface area (Å²) in [6.45, 7) is 5.48. The number of hydrogen-bond acceptors (Lipinski definition) is 4. The topological polar surface area (TPSA) is 42.4 Å². The Balaban J connectivity index is 2.95. The number of carbonyl (C=O) groups is 1. The summed E-state index contributed by atoms with van der Waals surface area (Å²) < 4.78 is 5.06. The van der Waals surface area contributed by atoms with Crippen molar-refractivity contribution in [2.45, 2.75) is 19.9 Å². The van der Waals surface area contributed by atoms with Gasteiger partial charge in [0.15, 0.2) is 6.29 Å². The predicted octanol–water partition coefficient (Wildman–Crippen LogP) is 1.76. The van der Waals surface area contributed by atoms with Crippen LogP contribution in [0.4, 0.5) is 5.82 Å². The molecule has 1 heterocycles. The van der Waals surface area contributed by atoms with Gasteiger partial charge < -0.3 is 9.64 Å². The zero-order valence-electron chi connectivity index (χ0n) is 10.0. The Bertz CT molecular complexity index is 340. The van der Waals surface area contributed by atoms with Crippen molar-refractivity contribution in [3.05, 3.63) is 23.9 Å². The van der Waals surface area contributed by atoms with Crippen molar-refractivity contribution in [2.24, 2.45) is 0 Å². The van der Waals surface area contributed by atoms with E-state index in [1.54, 1.807) is 25.4 Å². The summed E-state index contributed by atoms with van der Waals surface area (Å²) in [7, 11) is 1.66. The highest BCUT2D eigenvalue weighted by atomic mass is 16.5. The molecular weight excluding hydrogens is 204 g/mol. The third kappa shape index (κ3) is 3.03. The number of methoxy groups -OCH3 is 1. The van der Waals surface area contributed by atoms with Gasteiger partial charge in [-0.3, -0.25) is 4.79 Å². The van der Waals surface area contributed by atoms with Gasteiger partial charge in [0.25, 0.3) is 0 Å². The number of nitrogens with zero attached hydrogens (tertiary/aromatic N) is 2. The molecule has 0 spiro atoms. The summed E-state index contributed by atoms with van der Waals surface area (Å²) in [6.07, 6.45) is 2.54. The Morgan fingerprint density at radius 3 is 2.88 bits per heavy atom. The van der Waals surface area contributed by atoms with E-state index in [9.17, 15) is 4.79 Å². The van der Waals surface area contributed by atoms with Crippen LogP contribution in [0.1, 0.15) is 24.2 Å². The second-order valence-corrected chi connectivity index (χ2v) is 3.81. The SMILES string of the molecule is COCCN(c1ncccc1C=O)C(C)C. The molecule has 88 valence electrons. The van der Waals surface area contributed by atoms with Crippen molar-refractivity contribution < 1.29 is 9.53 Å². The molecule has 0 N–H and O–H groups in total. The summed E-state index contributed by atoms with van der Waals surface area (Å²) in [6, 6.07) is 3.82. The smallest absolute Gasteiger partial charge is 0.153 e. The number of carbonyl (C=O) groups excluding carboxylic acids is 1. The molecule has 4 nitrogen and oxygen atoms in total. The van der Waals surface area contributed by atoms with E-state index in [2.05, 4.69) is 23.7 Å². The highest BCUT2D eigenvalue weighted by Crippen LogP contribution is 2.17. The maximum absolute atomic E-state index is 10.9. The van der Waals surface area contributed by atoms with Gasteiger partial charge >= 0.3 is 0 Å². The van der Waals surface area contributed by atoms with Gasteiger partial charge in [0.2, 0.25) is 0 Å². The molecule has 0 aliphatic heterocycles. The first kappa shape index (κ1) is 12.6. The van der Waals surface area contributed by atoms with E-state index in [4.69, 9.17) is 4.74 Å². The largest absolute Gasteiger partial charge is 0.383 e. The molecule has 1 aromatic rings. The van der Waals surface area contributed by atoms with Crippen LogP contribution in [0.3, 0.4) is 0 Å². The molecule has 0 bridgehead atoms. The number of aldehydes is 1. The molecule has 0 aliphatic carbocycles. The molecule has 16 heavy (non-hydrogen) atoms. The van der Waals surface area contributed by atoms with Crippen LogP contribution in [0.15, 0.2) is 18.3 Å². The van der Waals surface area contributed by atoms with Crippen LogP contribution in [0.5, 0.6) is 0 Å². The van der Waals surface area contributed by atoms with Gasteiger partial charge in [0.05, 0.1) is 12.2 Å². The van der Waals surface area contributed by atoms with Gasteiger partial charge in [-0.15, -0.1) is 0 Å². The van der Waals surface area contributed by atoms with E-state index in [0.29, 0.717) is 12.2 Å². The molecule has 1 rings (SSSR count). The average molecular weight is 222 g/mol. The quantitative estimate of drug-likeness (QED) is 0.688. The molecule has 0 amide bonds. The first-order chi connectivity index (χ1) is 7.70. The van der Waals surface area contributed by atoms with Gasteiger partial charge in [0, 0.05) is 25.9 Å². The normalized spacial score (nSPS) is 10.5. The highest BCUT2D eigenvalue weighted by Gasteiger charge is 2.14. The first-order valence-corrected chi connectivity index (χ1v) is 5.36. The van der Waals surface area contributed by atoms with E-state index >= 15 is 0 Å². The van der Waals surface area contributed by atoms with Crippen LogP contribution >= 0.6 is 0 Å². The van der Waals surface area contributed by atoms with Crippen LogP contribution in [0.25, 0.3) is 0 Å². The predicted molar refractivity (Wildman–Crippen MR) is 64.0 cm³/mol. The summed E-state index contributed by atoms with van der Waals surface area (Å²) in [4.78, 5) is 17.3. The number of pyridine rings is 1. The summed E-state index contributed by atoms with van der Waals surface area (Å²) in [5.41, 5.74) is 0.618. The van der Waals surface area contributed by atoms with Crippen LogP contribution in [-0.2, 0) is 4.74 Å². The summed E-state index contributed by atoms with van der Waals surface area (Å²) >= 11 is 0. The Morgan fingerprint density at radius 2 is 2.31 bits per heavy atom. The van der Waals surface area contributed by atoms with Crippen LogP contribution in [-0.4, -0.2) is 37.6 Å². The van der Waals surface area contributed by atoms with Crippen molar-refractivity contribution in [3.63, 3.8) is 0 Å². The van der Waals surface area contributed by atoms with Gasteiger partial charge in [-0.05, 0) is 26.0 Å². The average Bonchev–Trinajstić information content (AvgIpc) is 2.29. The Kier molecular flexibility index (Phi) is 4.92. The van der Waals surface area contributed by atoms with Crippen LogP contribution in [0.2, 0.25) is 0 Å². The molecule has 0 atom stereocenters. The van der Waals surface area contributed by atoms with E-state index < -0.39 is 0 Å². The minimum Gasteiger partial charge on any atom is -0.383 e. The monoisotopic (exact) mass is 222 g/mol. The lowest BCUT2D eigenvalue weighted by Crippen LogP contribution is -2.35. The lowest BCUT2D eigenvalue weighted by Gasteiger charge is -2.28. The number of aromatic nitrogens is 1. The van der Waals surface area contributed by atoms with E-state index in [1.165, 1.54) is 0 Å². The summed E-state index contributed by atoms with van der Waals surface area (Å²) in [5.74, 6) is 0.726. The van der Waals surface area contributed by atoms with Gasteiger partial charge in [-0.1, -0.05) is 0 Å². The molecule has 0 saturated carbocycles. The van der Waals surface area contributed by atoms with Crippen molar-refractivity contribution >= 4 is 12.1 Å². The van der Waals surface area contributed by atoms with Crippen molar-refractivity contribution in [3.8, 4) is 0 Å². The molecular formula is C12H18N2O2. The second kappa shape index (κ2) is 6.23. The molecule has 0 radical (unpaired) electrons. The molecule has 0 aliphatic rings. The maximum Gasteiger partial charge on any atom is 0.153 e. The zero-order valence-corrected chi connectivity index (χ0v) is 10.0. The third-order valence-electron chi connectivity index (χ3n) is 2.38. The van der Waals surface area contributed by atoms with Gasteiger partial charge in [-0.25, -0.2) is 4.98 Å². The highest BCUT2D eigenvalue weighted by molar-refractivity contribution is 5.82. The fraction of sp³-hybridized carbons (Fsp3) is 0.500. The summed E-state index contributed by atoms with van der Waals surface area (Å²) in [5, 5.41) is 0. The van der Waals surface area contributed by atoms with Gasteiger partial charge in [0.1, 0.15) is 5.82 Å². The molecule has 1 aromatic heterocycles. The molecule has 0 saturated heterocycles. The van der Waals surface area contributed by atoms with E-state index in [1.807, 2.05) is 0 Å². The zero-order chi connectivity index (χ0) is 12.0. The van der Waals surface area contributed by atoms with E-state index in [-0.39, 0.29) is 6.04 Å². The number of hydrogen-bond donors (Lipinski definition) is 0. The fourth-order valence-electron chi connectivity index (χ4n) is 1.54. The van der Waals surface area contributed by atoms with Crippen LogP contribution in [0, 0.1) is 0 Å². The molecule has 0 unspecified atom stereocenters. The Hall–Kier alpha value is -1.42. The Labute approximate surface area is 96.2 Å². The lowest BCUT2D eigenvalue weighted by atomic mass is 10.2. The molecule has 0 fully saturated rings. The maximum atomic E-state index is 10.9. The number of anilines is 1. The standard InChI is InChI=1S/C12H18N2O2/c1-10(2)14(7-8-16-3)12-11(9-15)5-4-6-13-12/h4-6,9-10H,7-8H2,1-3H3. The lowest BCUT2D eigenvalue weighted by molar-refractivity contribution is 0.112. The first-order valence-electron chi connectivity index (χ1n) is 5.36. The number of rotatable bonds is 6. The van der Waals surface area contributed by atoms with Crippen molar-refractivity contribution in [2.75, 3.05) is 25.2 Å². The minimum atomic E-state index is 0.281. The van der Waals surface area contributed by atoms with Crippen molar-refractivity contribution in [1.82, 2.24) is 4.98 Å². The fourth-order valence-corrected chi connectivity index (χ4v) is 1.54. The molecule has 0 aromatic carbocycles.